The molecule has 1 aromatic carbocycles. The molecule has 1 aliphatic carbocycles. The minimum atomic E-state index is 0.532. The minimum absolute atomic E-state index is 0.532. The van der Waals surface area contributed by atoms with Crippen LogP contribution in [0.3, 0.4) is 0 Å². The number of benzene rings is 1. The summed E-state index contributed by atoms with van der Waals surface area (Å²) >= 11 is 6.20. The summed E-state index contributed by atoms with van der Waals surface area (Å²) in [6.07, 6.45) is 0. The van der Waals surface area contributed by atoms with Crippen molar-refractivity contribution in [1.29, 1.82) is 0 Å². The third kappa shape index (κ3) is 1.91. The van der Waals surface area contributed by atoms with E-state index in [0.717, 1.165) is 46.8 Å². The lowest BCUT2D eigenvalue weighted by atomic mass is 10.0. The molecule has 96 valence electrons. The Morgan fingerprint density at radius 1 is 1.39 bits per heavy atom. The van der Waals surface area contributed by atoms with Gasteiger partial charge in [0, 0.05) is 16.5 Å². The number of hydrogen-bond acceptors (Lipinski definition) is 3. The van der Waals surface area contributed by atoms with Crippen LogP contribution >= 0.6 is 11.6 Å². The highest BCUT2D eigenvalue weighted by atomic mass is 35.5. The van der Waals surface area contributed by atoms with Crippen molar-refractivity contribution in [2.24, 2.45) is 22.9 Å². The highest BCUT2D eigenvalue weighted by Crippen LogP contribution is 2.50. The lowest BCUT2D eigenvalue weighted by Gasteiger charge is -2.10. The average molecular weight is 265 g/mol. The molecule has 0 amide bonds. The van der Waals surface area contributed by atoms with Gasteiger partial charge in [-0.25, -0.2) is 0 Å². The zero-order valence-electron chi connectivity index (χ0n) is 10.6. The van der Waals surface area contributed by atoms with Gasteiger partial charge in [0.25, 0.3) is 0 Å². The largest absolute Gasteiger partial charge is 0.399 e. The van der Waals surface area contributed by atoms with E-state index in [1.807, 2.05) is 19.1 Å². The molecule has 1 heterocycles. The molecule has 1 aliphatic heterocycles. The minimum Gasteiger partial charge on any atom is -0.399 e. The Morgan fingerprint density at radius 2 is 2.11 bits per heavy atom. The van der Waals surface area contributed by atoms with Crippen molar-refractivity contribution < 1.29 is 4.84 Å². The third-order valence-corrected chi connectivity index (χ3v) is 4.47. The molecule has 1 saturated carbocycles. The van der Waals surface area contributed by atoms with Crippen LogP contribution in [0.5, 0.6) is 0 Å². The molecule has 1 aromatic rings. The Balaban J connectivity index is 1.90. The number of aryl methyl sites for hydroxylation is 1. The summed E-state index contributed by atoms with van der Waals surface area (Å²) < 4.78 is 0. The first kappa shape index (κ1) is 12.0. The molecule has 2 atom stereocenters. The molecular weight excluding hydrogens is 248 g/mol. The second-order valence-electron chi connectivity index (χ2n) is 5.13. The van der Waals surface area contributed by atoms with Crippen LogP contribution in [0.4, 0.5) is 0 Å². The normalized spacial score (nSPS) is 30.2. The van der Waals surface area contributed by atoms with Crippen molar-refractivity contribution in [1.82, 2.24) is 5.32 Å². The van der Waals surface area contributed by atoms with E-state index in [9.17, 15) is 0 Å². The third-order valence-electron chi connectivity index (χ3n) is 4.06. The Labute approximate surface area is 112 Å². The monoisotopic (exact) mass is 264 g/mol. The van der Waals surface area contributed by atoms with Crippen molar-refractivity contribution >= 4 is 17.3 Å². The maximum Gasteiger partial charge on any atom is 0.106 e. The molecule has 3 rings (SSSR count). The second-order valence-corrected chi connectivity index (χ2v) is 5.54. The molecule has 18 heavy (non-hydrogen) atoms. The van der Waals surface area contributed by atoms with Crippen molar-refractivity contribution in [3.05, 3.63) is 34.3 Å². The number of hydrogen-bond donors (Lipinski definition) is 1. The number of nitrogens with zero attached hydrogens (tertiary/aromatic N) is 1. The van der Waals surface area contributed by atoms with Gasteiger partial charge in [0.15, 0.2) is 0 Å². The van der Waals surface area contributed by atoms with Crippen LogP contribution in [0.1, 0.15) is 11.1 Å². The van der Waals surface area contributed by atoms with Crippen LogP contribution < -0.4 is 5.32 Å². The van der Waals surface area contributed by atoms with E-state index in [4.69, 9.17) is 16.4 Å². The molecule has 2 unspecified atom stereocenters. The molecule has 1 N–H and O–H groups in total. The maximum absolute atomic E-state index is 6.20. The van der Waals surface area contributed by atoms with E-state index in [1.54, 1.807) is 7.11 Å². The summed E-state index contributed by atoms with van der Waals surface area (Å²) in [5.41, 5.74) is 3.23. The van der Waals surface area contributed by atoms with Crippen LogP contribution in [0.15, 0.2) is 23.4 Å². The van der Waals surface area contributed by atoms with Gasteiger partial charge in [0.2, 0.25) is 0 Å². The predicted molar refractivity (Wildman–Crippen MR) is 73.1 cm³/mol. The van der Waals surface area contributed by atoms with Crippen molar-refractivity contribution in [2.75, 3.05) is 20.2 Å². The summed E-state index contributed by atoms with van der Waals surface area (Å²) in [6, 6.07) is 6.12. The molecular formula is C14H17ClN2O. The molecule has 2 aliphatic rings. The van der Waals surface area contributed by atoms with E-state index >= 15 is 0 Å². The fourth-order valence-corrected chi connectivity index (χ4v) is 3.16. The highest BCUT2D eigenvalue weighted by molar-refractivity contribution is 6.31. The summed E-state index contributed by atoms with van der Waals surface area (Å²) in [6.45, 7) is 4.20. The van der Waals surface area contributed by atoms with E-state index in [2.05, 4.69) is 16.5 Å². The zero-order chi connectivity index (χ0) is 12.7. The summed E-state index contributed by atoms with van der Waals surface area (Å²) in [5.74, 6) is 1.97. The summed E-state index contributed by atoms with van der Waals surface area (Å²) in [5, 5.41) is 8.43. The molecule has 1 saturated heterocycles. The standard InChI is InChI=1S/C14H17ClN2O/c1-8-3-4-9(5-12(8)15)14(17-18-2)13-10-6-16-7-11(10)13/h3-5,10-11,13,16H,6-7H2,1-2H3. The van der Waals surface area contributed by atoms with Crippen LogP contribution in [-0.2, 0) is 4.84 Å². The van der Waals surface area contributed by atoms with E-state index in [0.29, 0.717) is 5.92 Å². The first-order chi connectivity index (χ1) is 8.72. The van der Waals surface area contributed by atoms with Crippen LogP contribution in [0, 0.1) is 24.7 Å². The molecule has 4 heteroatoms. The Morgan fingerprint density at radius 3 is 2.72 bits per heavy atom. The SMILES string of the molecule is CON=C(c1ccc(C)c(Cl)c1)C1C2CNCC21. The number of oxime groups is 1. The summed E-state index contributed by atoms with van der Waals surface area (Å²) in [7, 11) is 1.60. The maximum atomic E-state index is 6.20. The molecule has 0 aromatic heterocycles. The average Bonchev–Trinajstić information content (AvgIpc) is 2.82. The first-order valence-electron chi connectivity index (χ1n) is 6.30. The highest BCUT2D eigenvalue weighted by Gasteiger charge is 2.55. The second kappa shape index (κ2) is 4.56. The number of rotatable bonds is 3. The summed E-state index contributed by atoms with van der Waals surface area (Å²) in [4.78, 5) is 5.02. The molecule has 2 fully saturated rings. The smallest absolute Gasteiger partial charge is 0.106 e. The van der Waals surface area contributed by atoms with E-state index in [1.165, 1.54) is 0 Å². The Hall–Kier alpha value is -1.06. The van der Waals surface area contributed by atoms with Crippen LogP contribution in [0.25, 0.3) is 0 Å². The molecule has 0 bridgehead atoms. The fourth-order valence-electron chi connectivity index (χ4n) is 2.98. The molecule has 3 nitrogen and oxygen atoms in total. The van der Waals surface area contributed by atoms with Crippen molar-refractivity contribution in [2.45, 2.75) is 6.92 Å². The van der Waals surface area contributed by atoms with Gasteiger partial charge in [-0.3, -0.25) is 0 Å². The van der Waals surface area contributed by atoms with Gasteiger partial charge in [-0.1, -0.05) is 28.9 Å². The van der Waals surface area contributed by atoms with Gasteiger partial charge in [-0.2, -0.15) is 0 Å². The van der Waals surface area contributed by atoms with Gasteiger partial charge >= 0.3 is 0 Å². The molecule has 0 radical (unpaired) electrons. The predicted octanol–water partition coefficient (Wildman–Crippen LogP) is 2.46. The lowest BCUT2D eigenvalue weighted by molar-refractivity contribution is 0.212. The fraction of sp³-hybridized carbons (Fsp3) is 0.500. The number of fused-ring (bicyclic) bond motifs is 1. The first-order valence-corrected chi connectivity index (χ1v) is 6.68. The van der Waals surface area contributed by atoms with Crippen LogP contribution in [-0.4, -0.2) is 25.9 Å². The number of halogens is 1. The van der Waals surface area contributed by atoms with Gasteiger partial charge in [-0.05, 0) is 43.5 Å². The number of nitrogens with one attached hydrogen (secondary N) is 1. The quantitative estimate of drug-likeness (QED) is 0.672. The van der Waals surface area contributed by atoms with Crippen molar-refractivity contribution in [3.63, 3.8) is 0 Å². The Bertz CT molecular complexity index is 491. The van der Waals surface area contributed by atoms with E-state index in [-0.39, 0.29) is 0 Å². The van der Waals surface area contributed by atoms with Gasteiger partial charge < -0.3 is 10.2 Å². The Kier molecular flexibility index (Phi) is 3.04. The topological polar surface area (TPSA) is 33.6 Å². The van der Waals surface area contributed by atoms with Crippen LogP contribution in [0.2, 0.25) is 5.02 Å². The van der Waals surface area contributed by atoms with Gasteiger partial charge in [0.1, 0.15) is 7.11 Å². The zero-order valence-corrected chi connectivity index (χ0v) is 11.4. The lowest BCUT2D eigenvalue weighted by Crippen LogP contribution is -2.19. The van der Waals surface area contributed by atoms with Gasteiger partial charge in [0.05, 0.1) is 5.71 Å². The van der Waals surface area contributed by atoms with E-state index < -0.39 is 0 Å². The van der Waals surface area contributed by atoms with Crippen molar-refractivity contribution in [3.8, 4) is 0 Å². The van der Waals surface area contributed by atoms with Gasteiger partial charge in [-0.15, -0.1) is 0 Å². The number of piperidine rings is 1. The molecule has 0 spiro atoms.